The quantitative estimate of drug-likeness (QED) is 0.347. The van der Waals surface area contributed by atoms with E-state index in [0.29, 0.717) is 22.3 Å². The number of hydrogen-bond donors (Lipinski definition) is 3. The number of anilines is 3. The molecule has 0 unspecified atom stereocenters. The van der Waals surface area contributed by atoms with E-state index in [1.165, 1.54) is 27.9 Å². The number of nitrogens with zero attached hydrogens (tertiary/aromatic N) is 7. The first-order valence-electron chi connectivity index (χ1n) is 11.1. The standard InChI is InChI=1S/C23H21N9O5/c1-23(2)11-31(17-5-6-32(29-17)14-7-13(9-24)28-26-10-14)22(35)19(36-23)18(33)21(34)27-12-3-4-15-16(8-12)37-30-20(15)25/h3-8,10,18-19,33H,11H2,1-2H3,(H2,25,30)(H,27,34)/t18-,19-/m1/s1. The highest BCUT2D eigenvalue weighted by Crippen LogP contribution is 2.29. The van der Waals surface area contributed by atoms with Crippen molar-refractivity contribution in [2.75, 3.05) is 22.5 Å². The number of nitrogen functional groups attached to an aromatic ring is 1. The Balaban J connectivity index is 1.36. The van der Waals surface area contributed by atoms with Crippen LogP contribution in [0.15, 0.2) is 47.2 Å². The maximum absolute atomic E-state index is 13.3. The number of nitriles is 1. The third kappa shape index (κ3) is 4.56. The predicted octanol–water partition coefficient (Wildman–Crippen LogP) is 0.767. The molecular formula is C23H21N9O5. The third-order valence-electron chi connectivity index (χ3n) is 5.69. The second kappa shape index (κ2) is 8.97. The van der Waals surface area contributed by atoms with Gasteiger partial charge in [0, 0.05) is 30.1 Å². The smallest absolute Gasteiger partial charge is 0.260 e. The first kappa shape index (κ1) is 23.9. The molecule has 4 aromatic rings. The number of nitrogens with two attached hydrogens (primary N) is 1. The molecular weight excluding hydrogens is 482 g/mol. The fourth-order valence-corrected chi connectivity index (χ4v) is 3.96. The molecule has 0 radical (unpaired) electrons. The van der Waals surface area contributed by atoms with Crippen LogP contribution in [-0.4, -0.2) is 66.4 Å². The number of aliphatic hydroxyl groups excluding tert-OH is 1. The minimum atomic E-state index is -1.82. The minimum absolute atomic E-state index is 0.109. The zero-order valence-corrected chi connectivity index (χ0v) is 19.7. The summed E-state index contributed by atoms with van der Waals surface area (Å²) in [4.78, 5) is 27.5. The van der Waals surface area contributed by atoms with Gasteiger partial charge in [0.15, 0.2) is 35.1 Å². The van der Waals surface area contributed by atoms with Crippen LogP contribution in [0.25, 0.3) is 16.7 Å². The molecule has 1 aromatic carbocycles. The van der Waals surface area contributed by atoms with E-state index in [4.69, 9.17) is 20.3 Å². The lowest BCUT2D eigenvalue weighted by molar-refractivity contribution is -0.169. The number of nitrogens with one attached hydrogen (secondary N) is 1. The fraction of sp³-hybridized carbons (Fsp3) is 0.261. The van der Waals surface area contributed by atoms with Crippen LogP contribution >= 0.6 is 0 Å². The normalized spacial score (nSPS) is 17.9. The van der Waals surface area contributed by atoms with Crippen LogP contribution in [0, 0.1) is 11.3 Å². The summed E-state index contributed by atoms with van der Waals surface area (Å²) in [6.07, 6.45) is -0.307. The maximum atomic E-state index is 13.3. The van der Waals surface area contributed by atoms with Crippen molar-refractivity contribution in [2.45, 2.75) is 31.7 Å². The fourth-order valence-electron chi connectivity index (χ4n) is 3.96. The number of aromatic nitrogens is 5. The van der Waals surface area contributed by atoms with E-state index < -0.39 is 29.6 Å². The van der Waals surface area contributed by atoms with Crippen LogP contribution in [0.2, 0.25) is 0 Å². The molecule has 0 saturated carbocycles. The Morgan fingerprint density at radius 2 is 2.16 bits per heavy atom. The number of fused-ring (bicyclic) bond motifs is 1. The van der Waals surface area contributed by atoms with Crippen molar-refractivity contribution in [1.82, 2.24) is 25.1 Å². The summed E-state index contributed by atoms with van der Waals surface area (Å²) in [5, 5.41) is 38.5. The van der Waals surface area contributed by atoms with Gasteiger partial charge in [-0.15, -0.1) is 10.2 Å². The predicted molar refractivity (Wildman–Crippen MR) is 128 cm³/mol. The van der Waals surface area contributed by atoms with Gasteiger partial charge in [-0.05, 0) is 26.0 Å². The lowest BCUT2D eigenvalue weighted by Crippen LogP contribution is -2.61. The zero-order valence-electron chi connectivity index (χ0n) is 19.7. The molecule has 1 aliphatic rings. The lowest BCUT2D eigenvalue weighted by atomic mass is 10.0. The van der Waals surface area contributed by atoms with E-state index in [9.17, 15) is 14.7 Å². The van der Waals surface area contributed by atoms with Crippen LogP contribution in [0.4, 0.5) is 17.3 Å². The maximum Gasteiger partial charge on any atom is 0.260 e. The monoisotopic (exact) mass is 503 g/mol. The Bertz CT molecular complexity index is 1550. The number of morpholine rings is 1. The molecule has 37 heavy (non-hydrogen) atoms. The first-order valence-corrected chi connectivity index (χ1v) is 11.1. The number of benzene rings is 1. The summed E-state index contributed by atoms with van der Waals surface area (Å²) in [5.74, 6) is -1.01. The van der Waals surface area contributed by atoms with Crippen LogP contribution in [-0.2, 0) is 14.3 Å². The molecule has 2 atom stereocenters. The molecule has 0 spiro atoms. The van der Waals surface area contributed by atoms with Crippen molar-refractivity contribution >= 4 is 40.1 Å². The van der Waals surface area contributed by atoms with Crippen molar-refractivity contribution in [1.29, 1.82) is 5.26 Å². The first-order chi connectivity index (χ1) is 17.6. The Hall–Kier alpha value is -4.87. The highest BCUT2D eigenvalue weighted by molar-refractivity contribution is 6.04. The van der Waals surface area contributed by atoms with Crippen LogP contribution < -0.4 is 16.0 Å². The molecule has 4 N–H and O–H groups in total. The van der Waals surface area contributed by atoms with Gasteiger partial charge in [0.1, 0.15) is 6.07 Å². The van der Waals surface area contributed by atoms with E-state index in [1.807, 2.05) is 6.07 Å². The van der Waals surface area contributed by atoms with E-state index >= 15 is 0 Å². The number of rotatable bonds is 5. The number of amides is 2. The van der Waals surface area contributed by atoms with Crippen molar-refractivity contribution in [3.05, 3.63) is 48.4 Å². The number of hydrogen-bond acceptors (Lipinski definition) is 11. The van der Waals surface area contributed by atoms with Crippen molar-refractivity contribution in [3.8, 4) is 11.8 Å². The second-order valence-electron chi connectivity index (χ2n) is 8.96. The summed E-state index contributed by atoms with van der Waals surface area (Å²) >= 11 is 0. The topological polar surface area (TPSA) is 198 Å². The van der Waals surface area contributed by atoms with Gasteiger partial charge in [0.2, 0.25) is 0 Å². The van der Waals surface area contributed by atoms with Crippen LogP contribution in [0.5, 0.6) is 0 Å². The van der Waals surface area contributed by atoms with Crippen LogP contribution in [0.1, 0.15) is 19.5 Å². The molecule has 1 aliphatic heterocycles. The number of ether oxygens (including phenoxy) is 1. The van der Waals surface area contributed by atoms with Crippen LogP contribution in [0.3, 0.4) is 0 Å². The Morgan fingerprint density at radius 3 is 2.95 bits per heavy atom. The van der Waals surface area contributed by atoms with Crippen molar-refractivity contribution < 1.29 is 24.0 Å². The molecule has 4 heterocycles. The lowest BCUT2D eigenvalue weighted by Gasteiger charge is -2.42. The molecule has 14 nitrogen and oxygen atoms in total. The summed E-state index contributed by atoms with van der Waals surface area (Å²) in [7, 11) is 0. The van der Waals surface area contributed by atoms with Gasteiger partial charge in [0.05, 0.1) is 29.4 Å². The summed E-state index contributed by atoms with van der Waals surface area (Å²) < 4.78 is 12.3. The molecule has 2 amide bonds. The van der Waals surface area contributed by atoms with Gasteiger partial charge in [-0.3, -0.25) is 14.5 Å². The highest BCUT2D eigenvalue weighted by Gasteiger charge is 2.46. The van der Waals surface area contributed by atoms with Gasteiger partial charge >= 0.3 is 0 Å². The van der Waals surface area contributed by atoms with E-state index in [1.54, 1.807) is 38.2 Å². The van der Waals surface area contributed by atoms with E-state index in [2.05, 4.69) is 25.8 Å². The van der Waals surface area contributed by atoms with Crippen molar-refractivity contribution in [2.24, 2.45) is 0 Å². The number of carbonyl (C=O) groups excluding carboxylic acids is 2. The molecule has 0 aliphatic carbocycles. The number of aliphatic hydroxyl groups is 1. The number of carbonyl (C=O) groups is 2. The molecule has 3 aromatic heterocycles. The molecule has 14 heteroatoms. The van der Waals surface area contributed by atoms with Gasteiger partial charge in [-0.25, -0.2) is 4.68 Å². The van der Waals surface area contributed by atoms with Crippen molar-refractivity contribution in [3.63, 3.8) is 0 Å². The molecule has 5 rings (SSSR count). The van der Waals surface area contributed by atoms with E-state index in [0.717, 1.165) is 0 Å². The van der Waals surface area contributed by atoms with E-state index in [-0.39, 0.29) is 23.9 Å². The summed E-state index contributed by atoms with van der Waals surface area (Å²) in [6, 6.07) is 9.68. The van der Waals surface area contributed by atoms with Gasteiger partial charge in [-0.2, -0.15) is 10.4 Å². The Morgan fingerprint density at radius 1 is 1.35 bits per heavy atom. The Kier molecular flexibility index (Phi) is 5.78. The molecule has 1 fully saturated rings. The molecule has 1 saturated heterocycles. The highest BCUT2D eigenvalue weighted by atomic mass is 16.5. The SMILES string of the molecule is CC1(C)CN(c2ccn(-c3cnnc(C#N)c3)n2)C(=O)[C@@H]([C@@H](O)C(=O)Nc2ccc3c(N)noc3c2)O1. The summed E-state index contributed by atoms with van der Waals surface area (Å²) in [5.41, 5.74) is 6.04. The second-order valence-corrected chi connectivity index (χ2v) is 8.96. The average molecular weight is 503 g/mol. The Labute approximate surface area is 209 Å². The van der Waals surface area contributed by atoms with Gasteiger partial charge in [0.25, 0.3) is 11.8 Å². The largest absolute Gasteiger partial charge is 0.380 e. The van der Waals surface area contributed by atoms with Gasteiger partial charge in [-0.1, -0.05) is 5.16 Å². The summed E-state index contributed by atoms with van der Waals surface area (Å²) in [6.45, 7) is 3.58. The zero-order chi connectivity index (χ0) is 26.3. The third-order valence-corrected chi connectivity index (χ3v) is 5.69. The van der Waals surface area contributed by atoms with Gasteiger partial charge < -0.3 is 25.4 Å². The average Bonchev–Trinajstić information content (AvgIpc) is 3.52. The molecule has 0 bridgehead atoms. The molecule has 188 valence electrons. The minimum Gasteiger partial charge on any atom is -0.380 e.